The molecule has 1 rings (SSSR count). The second-order valence-electron chi connectivity index (χ2n) is 4.42. The third-order valence-electron chi connectivity index (χ3n) is 2.57. The molecule has 0 saturated heterocycles. The summed E-state index contributed by atoms with van der Waals surface area (Å²) >= 11 is 0. The fourth-order valence-corrected chi connectivity index (χ4v) is 1.74. The predicted octanol–water partition coefficient (Wildman–Crippen LogP) is 2.38. The number of carbonyl (C=O) groups is 1. The highest BCUT2D eigenvalue weighted by Gasteiger charge is 2.15. The summed E-state index contributed by atoms with van der Waals surface area (Å²) in [5.74, 6) is 0.156. The van der Waals surface area contributed by atoms with Gasteiger partial charge in [0.1, 0.15) is 11.9 Å². The largest absolute Gasteiger partial charge is 0.490 e. The maximum Gasteiger partial charge on any atom is 0.413 e. The van der Waals surface area contributed by atoms with Gasteiger partial charge in [0.2, 0.25) is 0 Å². The zero-order chi connectivity index (χ0) is 14.3. The molecule has 5 nitrogen and oxygen atoms in total. The number of esters is 1. The maximum absolute atomic E-state index is 11.1. The van der Waals surface area contributed by atoms with E-state index in [4.69, 9.17) is 15.0 Å². The van der Waals surface area contributed by atoms with Gasteiger partial charge in [-0.3, -0.25) is 0 Å². The topological polar surface area (TPSA) is 71.9 Å². The average molecular weight is 262 g/mol. The smallest absolute Gasteiger partial charge is 0.413 e. The van der Waals surface area contributed by atoms with Crippen LogP contribution in [0.3, 0.4) is 0 Å². The van der Waals surface area contributed by atoms with E-state index in [1.807, 2.05) is 38.1 Å². The average Bonchev–Trinajstić information content (AvgIpc) is 2.31. The van der Waals surface area contributed by atoms with E-state index < -0.39 is 5.97 Å². The lowest BCUT2D eigenvalue weighted by Crippen LogP contribution is -2.23. The number of nitrogens with zero attached hydrogens (tertiary/aromatic N) is 2. The van der Waals surface area contributed by atoms with E-state index in [9.17, 15) is 4.79 Å². The number of hydrogen-bond acceptors (Lipinski definition) is 3. The van der Waals surface area contributed by atoms with E-state index in [1.165, 1.54) is 0 Å². The van der Waals surface area contributed by atoms with Gasteiger partial charge in [-0.05, 0) is 32.4 Å². The van der Waals surface area contributed by atoms with Crippen LogP contribution in [-0.4, -0.2) is 29.2 Å². The van der Waals surface area contributed by atoms with Crippen LogP contribution in [-0.2, 0) is 9.53 Å². The number of aryl methyl sites for hydroxylation is 1. The molecule has 0 amide bonds. The number of para-hydroxylation sites is 1. The molecule has 0 bridgehead atoms. The molecule has 1 aromatic rings. The van der Waals surface area contributed by atoms with Crippen LogP contribution in [0, 0.1) is 6.92 Å². The highest BCUT2D eigenvalue weighted by Crippen LogP contribution is 2.19. The van der Waals surface area contributed by atoms with Crippen LogP contribution in [0.4, 0.5) is 0 Å². The molecule has 0 heterocycles. The fraction of sp³-hybridized carbons (Fsp3) is 0.429. The molecule has 0 saturated carbocycles. The van der Waals surface area contributed by atoms with Gasteiger partial charge in [-0.25, -0.2) is 4.79 Å². The Hall–Kier alpha value is -2.13. The SMILES string of the molecule is Cc1ccccc1OC(C)CC(C)OC(=O)C=[N+]=[N-]. The van der Waals surface area contributed by atoms with Crippen LogP contribution in [0.5, 0.6) is 5.75 Å². The van der Waals surface area contributed by atoms with Crippen LogP contribution in [0.25, 0.3) is 5.53 Å². The number of ether oxygens (including phenoxy) is 2. The molecule has 1 aromatic carbocycles. The van der Waals surface area contributed by atoms with E-state index in [0.717, 1.165) is 17.5 Å². The summed E-state index contributed by atoms with van der Waals surface area (Å²) < 4.78 is 10.8. The second kappa shape index (κ2) is 7.34. The third-order valence-corrected chi connectivity index (χ3v) is 2.57. The molecular weight excluding hydrogens is 244 g/mol. The molecule has 5 heteroatoms. The Balaban J connectivity index is 2.47. The highest BCUT2D eigenvalue weighted by atomic mass is 16.5. The lowest BCUT2D eigenvalue weighted by atomic mass is 10.2. The monoisotopic (exact) mass is 262 g/mol. The van der Waals surface area contributed by atoms with Crippen molar-refractivity contribution in [2.45, 2.75) is 39.4 Å². The van der Waals surface area contributed by atoms with Crippen LogP contribution in [0.2, 0.25) is 0 Å². The zero-order valence-corrected chi connectivity index (χ0v) is 11.4. The molecule has 0 fully saturated rings. The summed E-state index contributed by atoms with van der Waals surface area (Å²) in [6.07, 6.45) is 0.877. The van der Waals surface area contributed by atoms with Crippen LogP contribution < -0.4 is 4.74 Å². The van der Waals surface area contributed by atoms with Crippen molar-refractivity contribution in [3.05, 3.63) is 35.4 Å². The van der Waals surface area contributed by atoms with Crippen LogP contribution in [0.15, 0.2) is 24.3 Å². The normalized spacial score (nSPS) is 13.0. The van der Waals surface area contributed by atoms with Crippen LogP contribution >= 0.6 is 0 Å². The predicted molar refractivity (Wildman–Crippen MR) is 71.1 cm³/mol. The molecular formula is C14H18N2O3. The third kappa shape index (κ3) is 5.36. The number of benzene rings is 1. The van der Waals surface area contributed by atoms with Gasteiger partial charge in [0.05, 0.1) is 6.10 Å². The second-order valence-corrected chi connectivity index (χ2v) is 4.42. The first-order chi connectivity index (χ1) is 9.02. The molecule has 19 heavy (non-hydrogen) atoms. The van der Waals surface area contributed by atoms with Gasteiger partial charge in [0.15, 0.2) is 0 Å². The molecule has 0 spiro atoms. The summed E-state index contributed by atoms with van der Waals surface area (Å²) in [5.41, 5.74) is 9.26. The zero-order valence-electron chi connectivity index (χ0n) is 11.4. The van der Waals surface area contributed by atoms with Crippen LogP contribution in [0.1, 0.15) is 25.8 Å². The number of rotatable bonds is 6. The van der Waals surface area contributed by atoms with E-state index in [2.05, 4.69) is 4.79 Å². The summed E-state index contributed by atoms with van der Waals surface area (Å²) in [6.45, 7) is 5.65. The Labute approximate surface area is 112 Å². The minimum Gasteiger partial charge on any atom is -0.490 e. The van der Waals surface area contributed by atoms with Gasteiger partial charge in [-0.15, -0.1) is 0 Å². The van der Waals surface area contributed by atoms with E-state index in [1.54, 1.807) is 6.92 Å². The molecule has 0 aliphatic heterocycles. The van der Waals surface area contributed by atoms with Gasteiger partial charge in [-0.2, -0.15) is 4.79 Å². The lowest BCUT2D eigenvalue weighted by Gasteiger charge is -2.19. The van der Waals surface area contributed by atoms with Crippen molar-refractivity contribution < 1.29 is 19.1 Å². The highest BCUT2D eigenvalue weighted by molar-refractivity contribution is 6.20. The Morgan fingerprint density at radius 2 is 2.05 bits per heavy atom. The van der Waals surface area contributed by atoms with Gasteiger partial charge in [-0.1, -0.05) is 18.2 Å². The van der Waals surface area contributed by atoms with Crippen molar-refractivity contribution in [2.75, 3.05) is 0 Å². The Morgan fingerprint density at radius 1 is 1.37 bits per heavy atom. The molecule has 0 N–H and O–H groups in total. The molecule has 0 radical (unpaired) electrons. The Bertz CT molecular complexity index is 481. The van der Waals surface area contributed by atoms with Gasteiger partial charge in [0.25, 0.3) is 0 Å². The Morgan fingerprint density at radius 3 is 2.68 bits per heavy atom. The molecule has 102 valence electrons. The molecule has 2 unspecified atom stereocenters. The summed E-state index contributed by atoms with van der Waals surface area (Å²) in [6, 6.07) is 7.74. The van der Waals surface area contributed by atoms with Crippen molar-refractivity contribution in [1.29, 1.82) is 0 Å². The number of carbonyl (C=O) groups excluding carboxylic acids is 1. The van der Waals surface area contributed by atoms with Crippen molar-refractivity contribution >= 4 is 12.2 Å². The first-order valence-electron chi connectivity index (χ1n) is 6.13. The van der Waals surface area contributed by atoms with Gasteiger partial charge >= 0.3 is 12.2 Å². The van der Waals surface area contributed by atoms with Crippen molar-refractivity contribution in [3.63, 3.8) is 0 Å². The minimum atomic E-state index is -0.668. The molecule has 2 atom stereocenters. The van der Waals surface area contributed by atoms with E-state index in [-0.39, 0.29) is 12.2 Å². The molecule has 0 aromatic heterocycles. The summed E-state index contributed by atoms with van der Waals surface area (Å²) in [4.78, 5) is 13.7. The first kappa shape index (κ1) is 14.9. The standard InChI is InChI=1S/C14H18N2O3/c1-10-6-4-5-7-13(10)18-11(2)8-12(3)19-14(17)9-16-15/h4-7,9,11-12H,8H2,1-3H3. The quantitative estimate of drug-likeness (QED) is 0.342. The van der Waals surface area contributed by atoms with E-state index in [0.29, 0.717) is 6.42 Å². The lowest BCUT2D eigenvalue weighted by molar-refractivity contribution is -0.144. The number of hydrogen-bond donors (Lipinski definition) is 0. The summed E-state index contributed by atoms with van der Waals surface area (Å²) in [7, 11) is 0. The van der Waals surface area contributed by atoms with Gasteiger partial charge in [0, 0.05) is 6.42 Å². The van der Waals surface area contributed by atoms with Crippen molar-refractivity contribution in [1.82, 2.24) is 0 Å². The van der Waals surface area contributed by atoms with Crippen molar-refractivity contribution in [2.24, 2.45) is 0 Å². The molecule has 0 aliphatic carbocycles. The maximum atomic E-state index is 11.1. The minimum absolute atomic E-state index is 0.0880. The van der Waals surface area contributed by atoms with E-state index >= 15 is 0 Å². The Kier molecular flexibility index (Phi) is 5.76. The van der Waals surface area contributed by atoms with Crippen molar-refractivity contribution in [3.8, 4) is 5.75 Å². The molecule has 0 aliphatic rings. The summed E-state index contributed by atoms with van der Waals surface area (Å²) in [5, 5.41) is 0. The fourth-order valence-electron chi connectivity index (χ4n) is 1.74. The van der Waals surface area contributed by atoms with Gasteiger partial charge < -0.3 is 15.0 Å². The first-order valence-corrected chi connectivity index (χ1v) is 6.13.